The van der Waals surface area contributed by atoms with Crippen molar-refractivity contribution >= 4 is 33.0 Å². The molecule has 8 heteroatoms. The van der Waals surface area contributed by atoms with Crippen molar-refractivity contribution in [3.63, 3.8) is 0 Å². The summed E-state index contributed by atoms with van der Waals surface area (Å²) in [6.07, 6.45) is 3.19. The number of amides is 1. The minimum atomic E-state index is -3.44. The van der Waals surface area contributed by atoms with Gasteiger partial charge in [0.2, 0.25) is 0 Å². The van der Waals surface area contributed by atoms with E-state index in [1.165, 1.54) is 18.2 Å². The molecule has 144 valence electrons. The Balaban J connectivity index is 1.71. The predicted octanol–water partition coefficient (Wildman–Crippen LogP) is 3.55. The number of hydrogen-bond donors (Lipinski definition) is 1. The molecule has 1 aliphatic heterocycles. The van der Waals surface area contributed by atoms with Crippen LogP contribution in [0, 0.1) is 0 Å². The van der Waals surface area contributed by atoms with E-state index < -0.39 is 15.7 Å². The van der Waals surface area contributed by atoms with Crippen molar-refractivity contribution in [2.75, 3.05) is 24.8 Å². The van der Waals surface area contributed by atoms with Crippen molar-refractivity contribution < 1.29 is 22.7 Å². The Hall–Kier alpha value is -2.09. The predicted molar refractivity (Wildman–Crippen MR) is 103 cm³/mol. The van der Waals surface area contributed by atoms with Crippen molar-refractivity contribution in [1.82, 2.24) is 0 Å². The molecule has 6 nitrogen and oxygen atoms in total. The first-order valence-electron chi connectivity index (χ1n) is 8.48. The first-order chi connectivity index (χ1) is 12.8. The van der Waals surface area contributed by atoms with Crippen LogP contribution in [0.2, 0.25) is 5.02 Å². The second kappa shape index (κ2) is 8.29. The standard InChI is InChI=1S/C19H20ClNO5S/c1-27(23,24)16-7-8-18(20)17(11-16)19(22)21-13-4-2-5-14(10-13)26-12-15-6-3-9-25-15/h2,4-5,7-8,10-11,15H,3,6,9,12H2,1H3,(H,21,22). The van der Waals surface area contributed by atoms with Crippen LogP contribution >= 0.6 is 11.6 Å². The molecular formula is C19H20ClNO5S. The molecule has 1 fully saturated rings. The number of halogens is 1. The third-order valence-corrected chi connectivity index (χ3v) is 5.60. The molecule has 0 bridgehead atoms. The lowest BCUT2D eigenvalue weighted by molar-refractivity contribution is 0.0680. The van der Waals surface area contributed by atoms with E-state index in [-0.39, 0.29) is 21.6 Å². The van der Waals surface area contributed by atoms with E-state index >= 15 is 0 Å². The van der Waals surface area contributed by atoms with Gasteiger partial charge in [-0.1, -0.05) is 17.7 Å². The molecule has 0 saturated carbocycles. The SMILES string of the molecule is CS(=O)(=O)c1ccc(Cl)c(C(=O)Nc2cccc(OCC3CCCO3)c2)c1. The summed E-state index contributed by atoms with van der Waals surface area (Å²) in [7, 11) is -3.44. The molecule has 2 aromatic carbocycles. The molecule has 3 rings (SSSR count). The summed E-state index contributed by atoms with van der Waals surface area (Å²) in [5.74, 6) is 0.112. The number of sulfone groups is 1. The summed E-state index contributed by atoms with van der Waals surface area (Å²) < 4.78 is 34.6. The van der Waals surface area contributed by atoms with Gasteiger partial charge >= 0.3 is 0 Å². The zero-order chi connectivity index (χ0) is 19.4. The molecule has 1 amide bonds. The van der Waals surface area contributed by atoms with E-state index in [9.17, 15) is 13.2 Å². The quantitative estimate of drug-likeness (QED) is 0.788. The number of benzene rings is 2. The number of carbonyl (C=O) groups is 1. The van der Waals surface area contributed by atoms with Gasteiger partial charge in [-0.05, 0) is 43.2 Å². The summed E-state index contributed by atoms with van der Waals surface area (Å²) >= 11 is 6.07. The lowest BCUT2D eigenvalue weighted by Gasteiger charge is -2.13. The van der Waals surface area contributed by atoms with Crippen LogP contribution in [0.3, 0.4) is 0 Å². The van der Waals surface area contributed by atoms with Gasteiger partial charge in [-0.25, -0.2) is 8.42 Å². The summed E-state index contributed by atoms with van der Waals surface area (Å²) in [5.41, 5.74) is 0.607. The fourth-order valence-corrected chi connectivity index (χ4v) is 3.59. The van der Waals surface area contributed by atoms with E-state index in [0.29, 0.717) is 18.0 Å². The van der Waals surface area contributed by atoms with Crippen molar-refractivity contribution in [2.45, 2.75) is 23.8 Å². The van der Waals surface area contributed by atoms with E-state index in [2.05, 4.69) is 5.32 Å². The summed E-state index contributed by atoms with van der Waals surface area (Å²) in [6.45, 7) is 1.22. The maximum absolute atomic E-state index is 12.5. The summed E-state index contributed by atoms with van der Waals surface area (Å²) in [4.78, 5) is 12.6. The van der Waals surface area contributed by atoms with Gasteiger partial charge in [0.05, 0.1) is 21.6 Å². The Labute approximate surface area is 163 Å². The van der Waals surface area contributed by atoms with Gasteiger partial charge in [-0.3, -0.25) is 4.79 Å². The zero-order valence-corrected chi connectivity index (χ0v) is 16.3. The number of ether oxygens (including phenoxy) is 2. The van der Waals surface area contributed by atoms with E-state index in [4.69, 9.17) is 21.1 Å². The Morgan fingerprint density at radius 1 is 1.30 bits per heavy atom. The second-order valence-electron chi connectivity index (χ2n) is 6.34. The number of rotatable bonds is 6. The van der Waals surface area contributed by atoms with Crippen LogP contribution in [-0.2, 0) is 14.6 Å². The second-order valence-corrected chi connectivity index (χ2v) is 8.76. The van der Waals surface area contributed by atoms with Crippen LogP contribution in [0.15, 0.2) is 47.4 Å². The van der Waals surface area contributed by atoms with Gasteiger partial charge in [0.1, 0.15) is 12.4 Å². The molecule has 0 radical (unpaired) electrons. The van der Waals surface area contributed by atoms with Crippen molar-refractivity contribution in [1.29, 1.82) is 0 Å². The van der Waals surface area contributed by atoms with Gasteiger partial charge in [-0.15, -0.1) is 0 Å². The minimum Gasteiger partial charge on any atom is -0.491 e. The lowest BCUT2D eigenvalue weighted by atomic mass is 10.2. The number of nitrogens with one attached hydrogen (secondary N) is 1. The maximum atomic E-state index is 12.5. The van der Waals surface area contributed by atoms with Crippen LogP contribution in [0.4, 0.5) is 5.69 Å². The Bertz CT molecular complexity index is 939. The third kappa shape index (κ3) is 5.22. The van der Waals surface area contributed by atoms with Crippen molar-refractivity contribution in [3.8, 4) is 5.75 Å². The zero-order valence-electron chi connectivity index (χ0n) is 14.8. The fraction of sp³-hybridized carbons (Fsp3) is 0.316. The molecule has 1 saturated heterocycles. The molecule has 2 aromatic rings. The van der Waals surface area contributed by atoms with Crippen LogP contribution in [-0.4, -0.2) is 39.9 Å². The highest BCUT2D eigenvalue weighted by atomic mass is 35.5. The first kappa shape index (κ1) is 19.7. The van der Waals surface area contributed by atoms with Crippen LogP contribution in [0.5, 0.6) is 5.75 Å². The van der Waals surface area contributed by atoms with Crippen molar-refractivity contribution in [3.05, 3.63) is 53.1 Å². The molecular weight excluding hydrogens is 390 g/mol. The molecule has 1 atom stereocenters. The molecule has 0 spiro atoms. The molecule has 0 aliphatic carbocycles. The largest absolute Gasteiger partial charge is 0.491 e. The normalized spacial score (nSPS) is 16.9. The van der Waals surface area contributed by atoms with Gasteiger partial charge in [-0.2, -0.15) is 0 Å². The number of carbonyl (C=O) groups excluding carboxylic acids is 1. The molecule has 1 aliphatic rings. The Kier molecular flexibility index (Phi) is 6.04. The van der Waals surface area contributed by atoms with Gasteiger partial charge < -0.3 is 14.8 Å². The molecule has 27 heavy (non-hydrogen) atoms. The van der Waals surface area contributed by atoms with Crippen LogP contribution < -0.4 is 10.1 Å². The van der Waals surface area contributed by atoms with E-state index in [1.54, 1.807) is 24.3 Å². The van der Waals surface area contributed by atoms with Crippen molar-refractivity contribution in [2.24, 2.45) is 0 Å². The Morgan fingerprint density at radius 3 is 2.81 bits per heavy atom. The number of anilines is 1. The summed E-state index contributed by atoms with van der Waals surface area (Å²) in [6, 6.07) is 11.0. The van der Waals surface area contributed by atoms with Crippen LogP contribution in [0.1, 0.15) is 23.2 Å². The Morgan fingerprint density at radius 2 is 2.11 bits per heavy atom. The monoisotopic (exact) mass is 409 g/mol. The minimum absolute atomic E-state index is 0.0331. The highest BCUT2D eigenvalue weighted by Gasteiger charge is 2.17. The molecule has 1 N–H and O–H groups in total. The average molecular weight is 410 g/mol. The van der Waals surface area contributed by atoms with E-state index in [0.717, 1.165) is 25.7 Å². The third-order valence-electron chi connectivity index (χ3n) is 4.16. The molecule has 0 aromatic heterocycles. The summed E-state index contributed by atoms with van der Waals surface area (Å²) in [5, 5.41) is 2.89. The maximum Gasteiger partial charge on any atom is 0.257 e. The number of hydrogen-bond acceptors (Lipinski definition) is 5. The average Bonchev–Trinajstić information content (AvgIpc) is 3.13. The smallest absolute Gasteiger partial charge is 0.257 e. The highest BCUT2D eigenvalue weighted by molar-refractivity contribution is 7.90. The fourth-order valence-electron chi connectivity index (χ4n) is 2.74. The topological polar surface area (TPSA) is 81.7 Å². The molecule has 1 unspecified atom stereocenters. The van der Waals surface area contributed by atoms with Gasteiger partial charge in [0, 0.05) is 24.6 Å². The van der Waals surface area contributed by atoms with Gasteiger partial charge in [0.25, 0.3) is 5.91 Å². The molecule has 1 heterocycles. The van der Waals surface area contributed by atoms with Gasteiger partial charge in [0.15, 0.2) is 9.84 Å². The highest BCUT2D eigenvalue weighted by Crippen LogP contribution is 2.24. The van der Waals surface area contributed by atoms with E-state index in [1.807, 2.05) is 0 Å². The van der Waals surface area contributed by atoms with Crippen LogP contribution in [0.25, 0.3) is 0 Å². The lowest BCUT2D eigenvalue weighted by Crippen LogP contribution is -2.16. The first-order valence-corrected chi connectivity index (χ1v) is 10.8.